The highest BCUT2D eigenvalue weighted by Gasteiger charge is 2.26. The van der Waals surface area contributed by atoms with Gasteiger partial charge in [0.25, 0.3) is 0 Å². The second-order valence-electron chi connectivity index (χ2n) is 5.99. The minimum atomic E-state index is -0.173. The van der Waals surface area contributed by atoms with Gasteiger partial charge < -0.3 is 20.3 Å². The van der Waals surface area contributed by atoms with E-state index >= 15 is 0 Å². The van der Waals surface area contributed by atoms with Crippen molar-refractivity contribution in [2.75, 3.05) is 45.1 Å². The van der Waals surface area contributed by atoms with Crippen molar-refractivity contribution in [3.8, 4) is 0 Å². The van der Waals surface area contributed by atoms with Crippen LogP contribution in [0.5, 0.6) is 0 Å². The number of nitrogen functional groups attached to an aromatic ring is 1. The van der Waals surface area contributed by atoms with E-state index < -0.39 is 0 Å². The molecule has 1 aromatic rings. The van der Waals surface area contributed by atoms with Gasteiger partial charge in [0.15, 0.2) is 0 Å². The van der Waals surface area contributed by atoms with Crippen LogP contribution >= 0.6 is 0 Å². The Kier molecular flexibility index (Phi) is 4.90. The smallest absolute Gasteiger partial charge is 0.224 e. The molecule has 3 heterocycles. The first-order valence-electron chi connectivity index (χ1n) is 8.06. The van der Waals surface area contributed by atoms with E-state index in [-0.39, 0.29) is 12.0 Å². The van der Waals surface area contributed by atoms with Crippen LogP contribution in [0.25, 0.3) is 0 Å². The molecule has 0 saturated carbocycles. The lowest BCUT2D eigenvalue weighted by Crippen LogP contribution is -2.43. The molecule has 0 radical (unpaired) electrons. The summed E-state index contributed by atoms with van der Waals surface area (Å²) in [7, 11) is 0. The van der Waals surface area contributed by atoms with Gasteiger partial charge in [-0.05, 0) is 38.1 Å². The largest absolute Gasteiger partial charge is 0.384 e. The van der Waals surface area contributed by atoms with E-state index in [1.807, 2.05) is 17.0 Å². The zero-order chi connectivity index (χ0) is 15.4. The number of hydrogen-bond acceptors (Lipinski definition) is 5. The summed E-state index contributed by atoms with van der Waals surface area (Å²) < 4.78 is 5.75. The molecule has 1 amide bonds. The van der Waals surface area contributed by atoms with Crippen molar-refractivity contribution in [3.05, 3.63) is 23.9 Å². The summed E-state index contributed by atoms with van der Waals surface area (Å²) >= 11 is 0. The van der Waals surface area contributed by atoms with Crippen LogP contribution < -0.4 is 5.73 Å². The Hall–Kier alpha value is -1.66. The van der Waals surface area contributed by atoms with Crippen LogP contribution in [0, 0.1) is 0 Å². The van der Waals surface area contributed by atoms with E-state index in [1.54, 1.807) is 6.07 Å². The lowest BCUT2D eigenvalue weighted by molar-refractivity contribution is -0.139. The SMILES string of the molecule is Nc1cccc([C@@H]2CN(C(=O)CCN3CCCC3)CCO2)n1. The summed E-state index contributed by atoms with van der Waals surface area (Å²) in [4.78, 5) is 21.0. The highest BCUT2D eigenvalue weighted by Crippen LogP contribution is 2.22. The van der Waals surface area contributed by atoms with Crippen molar-refractivity contribution < 1.29 is 9.53 Å². The third-order valence-corrected chi connectivity index (χ3v) is 4.38. The summed E-state index contributed by atoms with van der Waals surface area (Å²) in [6, 6.07) is 5.53. The molecule has 0 aliphatic carbocycles. The Bertz CT molecular complexity index is 517. The number of carbonyl (C=O) groups is 1. The lowest BCUT2D eigenvalue weighted by Gasteiger charge is -2.33. The topological polar surface area (TPSA) is 71.7 Å². The Labute approximate surface area is 131 Å². The van der Waals surface area contributed by atoms with Crippen LogP contribution in [0.1, 0.15) is 31.1 Å². The number of nitrogens with zero attached hydrogens (tertiary/aromatic N) is 3. The first-order chi connectivity index (χ1) is 10.7. The predicted octanol–water partition coefficient (Wildman–Crippen LogP) is 1.05. The third-order valence-electron chi connectivity index (χ3n) is 4.38. The monoisotopic (exact) mass is 304 g/mol. The van der Waals surface area contributed by atoms with Gasteiger partial charge >= 0.3 is 0 Å². The van der Waals surface area contributed by atoms with E-state index in [0.29, 0.717) is 31.9 Å². The number of aromatic nitrogens is 1. The third kappa shape index (κ3) is 3.75. The summed E-state index contributed by atoms with van der Waals surface area (Å²) in [5.74, 6) is 0.697. The number of carbonyl (C=O) groups excluding carboxylic acids is 1. The molecular weight excluding hydrogens is 280 g/mol. The Morgan fingerprint density at radius 1 is 1.32 bits per heavy atom. The van der Waals surface area contributed by atoms with E-state index in [2.05, 4.69) is 9.88 Å². The van der Waals surface area contributed by atoms with Gasteiger partial charge in [0.2, 0.25) is 5.91 Å². The van der Waals surface area contributed by atoms with Crippen molar-refractivity contribution in [1.29, 1.82) is 0 Å². The minimum absolute atomic E-state index is 0.173. The van der Waals surface area contributed by atoms with Crippen LogP contribution in [-0.4, -0.2) is 60.0 Å². The maximum absolute atomic E-state index is 12.4. The molecule has 2 fully saturated rings. The van der Waals surface area contributed by atoms with Crippen LogP contribution in [0.2, 0.25) is 0 Å². The fourth-order valence-electron chi connectivity index (χ4n) is 3.12. The molecule has 1 atom stereocenters. The number of anilines is 1. The first kappa shape index (κ1) is 15.2. The Morgan fingerprint density at radius 3 is 2.91 bits per heavy atom. The summed E-state index contributed by atoms with van der Waals surface area (Å²) in [6.45, 7) is 4.92. The van der Waals surface area contributed by atoms with E-state index in [4.69, 9.17) is 10.5 Å². The zero-order valence-electron chi connectivity index (χ0n) is 12.9. The number of rotatable bonds is 4. The molecule has 0 bridgehead atoms. The molecule has 2 aliphatic heterocycles. The molecule has 2 N–H and O–H groups in total. The van der Waals surface area contributed by atoms with Crippen molar-refractivity contribution in [2.45, 2.75) is 25.4 Å². The van der Waals surface area contributed by atoms with Crippen molar-refractivity contribution in [1.82, 2.24) is 14.8 Å². The molecule has 120 valence electrons. The Morgan fingerprint density at radius 2 is 2.14 bits per heavy atom. The minimum Gasteiger partial charge on any atom is -0.384 e. The van der Waals surface area contributed by atoms with Crippen molar-refractivity contribution in [3.63, 3.8) is 0 Å². The highest BCUT2D eigenvalue weighted by atomic mass is 16.5. The number of hydrogen-bond donors (Lipinski definition) is 1. The van der Waals surface area contributed by atoms with Gasteiger partial charge in [-0.15, -0.1) is 0 Å². The normalized spacial score (nSPS) is 22.9. The fraction of sp³-hybridized carbons (Fsp3) is 0.625. The van der Waals surface area contributed by atoms with E-state index in [0.717, 1.165) is 25.3 Å². The zero-order valence-corrected chi connectivity index (χ0v) is 12.9. The molecule has 6 nitrogen and oxygen atoms in total. The molecule has 6 heteroatoms. The molecule has 1 aromatic heterocycles. The summed E-state index contributed by atoms with van der Waals surface area (Å²) in [6.07, 6.45) is 2.94. The van der Waals surface area contributed by atoms with Crippen LogP contribution in [-0.2, 0) is 9.53 Å². The van der Waals surface area contributed by atoms with Gasteiger partial charge in [-0.25, -0.2) is 4.98 Å². The quantitative estimate of drug-likeness (QED) is 0.900. The van der Waals surface area contributed by atoms with Gasteiger partial charge in [0.1, 0.15) is 11.9 Å². The van der Waals surface area contributed by atoms with Crippen molar-refractivity contribution in [2.24, 2.45) is 0 Å². The van der Waals surface area contributed by atoms with E-state index in [1.165, 1.54) is 12.8 Å². The maximum atomic E-state index is 12.4. The van der Waals surface area contributed by atoms with Crippen LogP contribution in [0.3, 0.4) is 0 Å². The average Bonchev–Trinajstić information content (AvgIpc) is 3.06. The van der Waals surface area contributed by atoms with Gasteiger partial charge in [-0.2, -0.15) is 0 Å². The first-order valence-corrected chi connectivity index (χ1v) is 8.06. The number of pyridine rings is 1. The Balaban J connectivity index is 1.54. The van der Waals surface area contributed by atoms with Crippen LogP contribution in [0.15, 0.2) is 18.2 Å². The van der Waals surface area contributed by atoms with Crippen LogP contribution in [0.4, 0.5) is 5.82 Å². The summed E-state index contributed by atoms with van der Waals surface area (Å²) in [5.41, 5.74) is 6.53. The number of nitrogens with two attached hydrogens (primary N) is 1. The molecule has 0 unspecified atom stereocenters. The van der Waals surface area contributed by atoms with E-state index in [9.17, 15) is 4.79 Å². The highest BCUT2D eigenvalue weighted by molar-refractivity contribution is 5.76. The average molecular weight is 304 g/mol. The number of likely N-dealkylation sites (tertiary alicyclic amines) is 1. The molecule has 0 spiro atoms. The maximum Gasteiger partial charge on any atom is 0.224 e. The number of ether oxygens (including phenoxy) is 1. The standard InChI is InChI=1S/C16H24N4O2/c17-15-5-3-4-13(18-15)14-12-20(10-11-22-14)16(21)6-9-19-7-1-2-8-19/h3-5,14H,1-2,6-12H2,(H2,17,18)/t14-/m0/s1. The van der Waals surface area contributed by atoms with Gasteiger partial charge in [0.05, 0.1) is 18.8 Å². The number of amides is 1. The van der Waals surface area contributed by atoms with Crippen molar-refractivity contribution >= 4 is 11.7 Å². The fourth-order valence-corrected chi connectivity index (χ4v) is 3.12. The lowest BCUT2D eigenvalue weighted by atomic mass is 10.1. The number of morpholine rings is 1. The molecule has 2 aliphatic rings. The van der Waals surface area contributed by atoms with Gasteiger partial charge in [-0.3, -0.25) is 4.79 Å². The second kappa shape index (κ2) is 7.07. The molecule has 3 rings (SSSR count). The second-order valence-corrected chi connectivity index (χ2v) is 5.99. The molecular formula is C16H24N4O2. The van der Waals surface area contributed by atoms with Gasteiger partial charge in [-0.1, -0.05) is 6.07 Å². The summed E-state index contributed by atoms with van der Waals surface area (Å²) in [5, 5.41) is 0. The molecule has 22 heavy (non-hydrogen) atoms. The predicted molar refractivity (Wildman–Crippen MR) is 84.2 cm³/mol. The molecule has 0 aromatic carbocycles. The van der Waals surface area contributed by atoms with Gasteiger partial charge in [0, 0.05) is 19.5 Å². The molecule has 2 saturated heterocycles.